The summed E-state index contributed by atoms with van der Waals surface area (Å²) < 4.78 is 7.06. The molecule has 2 aromatic rings. The van der Waals surface area contributed by atoms with E-state index in [2.05, 4.69) is 16.4 Å². The SMILES string of the molecule is CNCc1ccc(OC)c(Cn2c(C)nc(C)cc2=O)c1. The molecule has 5 heteroatoms. The molecule has 0 aliphatic carbocycles. The smallest absolute Gasteiger partial charge is 0.254 e. The van der Waals surface area contributed by atoms with Gasteiger partial charge in [0.1, 0.15) is 11.6 Å². The molecule has 1 heterocycles. The number of benzene rings is 1. The maximum atomic E-state index is 12.1. The zero-order valence-corrected chi connectivity index (χ0v) is 12.9. The van der Waals surface area contributed by atoms with E-state index in [0.29, 0.717) is 12.4 Å². The molecule has 1 aromatic heterocycles. The molecule has 0 unspecified atom stereocenters. The molecule has 21 heavy (non-hydrogen) atoms. The molecular formula is C16H21N3O2. The molecule has 0 radical (unpaired) electrons. The van der Waals surface area contributed by atoms with Crippen LogP contribution in [0.1, 0.15) is 22.6 Å². The van der Waals surface area contributed by atoms with E-state index in [1.165, 1.54) is 0 Å². The Kier molecular flexibility index (Phi) is 4.75. The number of nitrogens with one attached hydrogen (secondary N) is 1. The highest BCUT2D eigenvalue weighted by atomic mass is 16.5. The number of hydrogen-bond donors (Lipinski definition) is 1. The fourth-order valence-electron chi connectivity index (χ4n) is 2.40. The van der Waals surface area contributed by atoms with Gasteiger partial charge in [0.05, 0.1) is 13.7 Å². The van der Waals surface area contributed by atoms with Crippen LogP contribution < -0.4 is 15.6 Å². The van der Waals surface area contributed by atoms with Crippen molar-refractivity contribution in [2.75, 3.05) is 14.2 Å². The molecule has 0 aliphatic rings. The quantitative estimate of drug-likeness (QED) is 0.908. The second kappa shape index (κ2) is 6.54. The van der Waals surface area contributed by atoms with Crippen LogP contribution in [0.15, 0.2) is 29.1 Å². The predicted molar refractivity (Wildman–Crippen MR) is 82.8 cm³/mol. The third-order valence-corrected chi connectivity index (χ3v) is 3.38. The second-order valence-electron chi connectivity index (χ2n) is 5.05. The minimum Gasteiger partial charge on any atom is -0.496 e. The average molecular weight is 287 g/mol. The number of aromatic nitrogens is 2. The van der Waals surface area contributed by atoms with E-state index in [0.717, 1.165) is 29.1 Å². The van der Waals surface area contributed by atoms with Gasteiger partial charge in [-0.2, -0.15) is 0 Å². The summed E-state index contributed by atoms with van der Waals surface area (Å²) in [4.78, 5) is 16.5. The zero-order chi connectivity index (χ0) is 15.4. The summed E-state index contributed by atoms with van der Waals surface area (Å²) in [7, 11) is 3.54. The number of ether oxygens (including phenoxy) is 1. The molecular weight excluding hydrogens is 266 g/mol. The Hall–Kier alpha value is -2.14. The maximum Gasteiger partial charge on any atom is 0.254 e. The van der Waals surface area contributed by atoms with Gasteiger partial charge in [-0.3, -0.25) is 9.36 Å². The normalized spacial score (nSPS) is 10.7. The van der Waals surface area contributed by atoms with Crippen LogP contribution in [0, 0.1) is 13.8 Å². The highest BCUT2D eigenvalue weighted by Gasteiger charge is 2.09. The summed E-state index contributed by atoms with van der Waals surface area (Å²) in [6.45, 7) is 4.90. The highest BCUT2D eigenvalue weighted by Crippen LogP contribution is 2.21. The van der Waals surface area contributed by atoms with Crippen LogP contribution in [0.5, 0.6) is 5.75 Å². The molecule has 1 N–H and O–H groups in total. The lowest BCUT2D eigenvalue weighted by molar-refractivity contribution is 0.407. The van der Waals surface area contributed by atoms with Crippen LogP contribution in [-0.2, 0) is 13.1 Å². The number of aryl methyl sites for hydroxylation is 2. The van der Waals surface area contributed by atoms with Crippen LogP contribution in [-0.4, -0.2) is 23.7 Å². The van der Waals surface area contributed by atoms with Crippen molar-refractivity contribution >= 4 is 0 Å². The maximum absolute atomic E-state index is 12.1. The number of hydrogen-bond acceptors (Lipinski definition) is 4. The summed E-state index contributed by atoms with van der Waals surface area (Å²) >= 11 is 0. The number of methoxy groups -OCH3 is 1. The van der Waals surface area contributed by atoms with E-state index < -0.39 is 0 Å². The number of nitrogens with zero attached hydrogens (tertiary/aromatic N) is 2. The summed E-state index contributed by atoms with van der Waals surface area (Å²) in [5.41, 5.74) is 2.82. The molecule has 0 amide bonds. The summed E-state index contributed by atoms with van der Waals surface area (Å²) in [5, 5.41) is 3.12. The van der Waals surface area contributed by atoms with Gasteiger partial charge in [0.25, 0.3) is 5.56 Å². The summed E-state index contributed by atoms with van der Waals surface area (Å²) in [5.74, 6) is 1.49. The molecule has 0 saturated carbocycles. The monoisotopic (exact) mass is 287 g/mol. The van der Waals surface area contributed by atoms with E-state index in [4.69, 9.17) is 4.74 Å². The van der Waals surface area contributed by atoms with Crippen LogP contribution in [0.4, 0.5) is 0 Å². The predicted octanol–water partition coefficient (Wildman–Crippen LogP) is 1.64. The molecule has 0 spiro atoms. The Bertz CT molecular complexity index is 692. The third kappa shape index (κ3) is 3.49. The standard InChI is InChI=1S/C16H21N3O2/c1-11-7-16(20)19(12(2)18-11)10-14-8-13(9-17-3)5-6-15(14)21-4/h5-8,17H,9-10H2,1-4H3. The van der Waals surface area contributed by atoms with Crippen molar-refractivity contribution in [3.63, 3.8) is 0 Å². The molecule has 0 saturated heterocycles. The lowest BCUT2D eigenvalue weighted by Crippen LogP contribution is -2.24. The van der Waals surface area contributed by atoms with Crippen molar-refractivity contribution < 1.29 is 4.74 Å². The highest BCUT2D eigenvalue weighted by molar-refractivity contribution is 5.37. The Balaban J connectivity index is 2.43. The lowest BCUT2D eigenvalue weighted by Gasteiger charge is -2.14. The Morgan fingerprint density at radius 3 is 2.67 bits per heavy atom. The van der Waals surface area contributed by atoms with Crippen molar-refractivity contribution in [2.24, 2.45) is 0 Å². The van der Waals surface area contributed by atoms with Crippen molar-refractivity contribution in [3.05, 3.63) is 57.3 Å². The van der Waals surface area contributed by atoms with Gasteiger partial charge < -0.3 is 10.1 Å². The van der Waals surface area contributed by atoms with E-state index in [1.54, 1.807) is 17.7 Å². The van der Waals surface area contributed by atoms with Crippen molar-refractivity contribution in [3.8, 4) is 5.75 Å². The van der Waals surface area contributed by atoms with E-state index in [-0.39, 0.29) is 5.56 Å². The van der Waals surface area contributed by atoms with Gasteiger partial charge in [0.15, 0.2) is 0 Å². The lowest BCUT2D eigenvalue weighted by atomic mass is 10.1. The Morgan fingerprint density at radius 1 is 1.29 bits per heavy atom. The van der Waals surface area contributed by atoms with Crippen LogP contribution in [0.2, 0.25) is 0 Å². The largest absolute Gasteiger partial charge is 0.496 e. The van der Waals surface area contributed by atoms with Gasteiger partial charge in [0.2, 0.25) is 0 Å². The topological polar surface area (TPSA) is 56.1 Å². The summed E-state index contributed by atoms with van der Waals surface area (Å²) in [6, 6.07) is 7.56. The fourth-order valence-corrected chi connectivity index (χ4v) is 2.40. The molecule has 0 atom stereocenters. The third-order valence-electron chi connectivity index (χ3n) is 3.38. The minimum absolute atomic E-state index is 0.0407. The summed E-state index contributed by atoms with van der Waals surface area (Å²) in [6.07, 6.45) is 0. The van der Waals surface area contributed by atoms with E-state index in [9.17, 15) is 4.79 Å². The fraction of sp³-hybridized carbons (Fsp3) is 0.375. The molecule has 0 aliphatic heterocycles. The number of rotatable bonds is 5. The first-order valence-electron chi connectivity index (χ1n) is 6.90. The Labute approximate surface area is 124 Å². The molecule has 0 bridgehead atoms. The average Bonchev–Trinajstić information content (AvgIpc) is 2.43. The van der Waals surface area contributed by atoms with Gasteiger partial charge >= 0.3 is 0 Å². The second-order valence-corrected chi connectivity index (χ2v) is 5.05. The molecule has 112 valence electrons. The van der Waals surface area contributed by atoms with Crippen molar-refractivity contribution in [1.82, 2.24) is 14.9 Å². The van der Waals surface area contributed by atoms with Gasteiger partial charge in [-0.25, -0.2) is 4.98 Å². The van der Waals surface area contributed by atoms with Gasteiger partial charge in [-0.05, 0) is 38.6 Å². The molecule has 2 rings (SSSR count). The first-order chi connectivity index (χ1) is 10.0. The van der Waals surface area contributed by atoms with Crippen molar-refractivity contribution in [1.29, 1.82) is 0 Å². The minimum atomic E-state index is -0.0407. The van der Waals surface area contributed by atoms with E-state index in [1.807, 2.05) is 33.0 Å². The van der Waals surface area contributed by atoms with Gasteiger partial charge in [0, 0.05) is 23.9 Å². The van der Waals surface area contributed by atoms with Gasteiger partial charge in [-0.1, -0.05) is 6.07 Å². The van der Waals surface area contributed by atoms with Crippen molar-refractivity contribution in [2.45, 2.75) is 26.9 Å². The first kappa shape index (κ1) is 15.3. The Morgan fingerprint density at radius 2 is 2.05 bits per heavy atom. The van der Waals surface area contributed by atoms with Crippen LogP contribution in [0.25, 0.3) is 0 Å². The van der Waals surface area contributed by atoms with Crippen LogP contribution >= 0.6 is 0 Å². The molecule has 5 nitrogen and oxygen atoms in total. The first-order valence-corrected chi connectivity index (χ1v) is 6.90. The molecule has 1 aromatic carbocycles. The van der Waals surface area contributed by atoms with Crippen LogP contribution in [0.3, 0.4) is 0 Å². The zero-order valence-electron chi connectivity index (χ0n) is 12.9. The molecule has 0 fully saturated rings. The van der Waals surface area contributed by atoms with Gasteiger partial charge in [-0.15, -0.1) is 0 Å². The van der Waals surface area contributed by atoms with E-state index >= 15 is 0 Å².